The standard InChI is InChI=1S/C15H22N2O2/c1-17(13-8-5-9-16-10-13)11-14(15(18)19)12-6-3-2-4-7-12/h2-4,6-7,13-14,16H,5,8-11H2,1H3,(H,18,19). The van der Waals surface area contributed by atoms with Crippen LogP contribution in [0.1, 0.15) is 24.3 Å². The van der Waals surface area contributed by atoms with Gasteiger partial charge in [-0.2, -0.15) is 0 Å². The van der Waals surface area contributed by atoms with E-state index in [0.717, 1.165) is 31.5 Å². The Bertz CT molecular complexity index is 402. The number of carboxylic acid groups (broad SMARTS) is 1. The summed E-state index contributed by atoms with van der Waals surface area (Å²) in [5, 5.41) is 12.8. The zero-order valence-corrected chi connectivity index (χ0v) is 11.4. The molecule has 0 saturated carbocycles. The topological polar surface area (TPSA) is 52.6 Å². The minimum atomic E-state index is -0.748. The van der Waals surface area contributed by atoms with E-state index >= 15 is 0 Å². The maximum atomic E-state index is 11.5. The van der Waals surface area contributed by atoms with Gasteiger partial charge in [0.25, 0.3) is 0 Å². The number of aliphatic carboxylic acids is 1. The molecule has 4 nitrogen and oxygen atoms in total. The number of carboxylic acids is 1. The Morgan fingerprint density at radius 3 is 2.79 bits per heavy atom. The summed E-state index contributed by atoms with van der Waals surface area (Å²) in [7, 11) is 2.02. The fourth-order valence-electron chi connectivity index (χ4n) is 2.66. The van der Waals surface area contributed by atoms with Gasteiger partial charge in [-0.25, -0.2) is 0 Å². The van der Waals surface area contributed by atoms with E-state index in [0.29, 0.717) is 12.6 Å². The molecular weight excluding hydrogens is 240 g/mol. The number of likely N-dealkylation sites (N-methyl/N-ethyl adjacent to an activating group) is 1. The molecule has 0 aliphatic carbocycles. The van der Waals surface area contributed by atoms with Gasteiger partial charge in [0, 0.05) is 19.1 Å². The number of piperidine rings is 1. The maximum Gasteiger partial charge on any atom is 0.312 e. The summed E-state index contributed by atoms with van der Waals surface area (Å²) < 4.78 is 0. The lowest BCUT2D eigenvalue weighted by atomic mass is 9.97. The zero-order chi connectivity index (χ0) is 13.7. The van der Waals surface area contributed by atoms with Gasteiger partial charge in [-0.3, -0.25) is 4.79 Å². The monoisotopic (exact) mass is 262 g/mol. The molecule has 2 N–H and O–H groups in total. The molecule has 2 atom stereocenters. The molecule has 1 aromatic carbocycles. The van der Waals surface area contributed by atoms with Crippen LogP contribution in [0.4, 0.5) is 0 Å². The Morgan fingerprint density at radius 1 is 1.47 bits per heavy atom. The van der Waals surface area contributed by atoms with Crippen molar-refractivity contribution < 1.29 is 9.90 Å². The van der Waals surface area contributed by atoms with Gasteiger partial charge >= 0.3 is 5.97 Å². The minimum Gasteiger partial charge on any atom is -0.481 e. The van der Waals surface area contributed by atoms with Crippen molar-refractivity contribution in [2.24, 2.45) is 0 Å². The number of hydrogen-bond acceptors (Lipinski definition) is 3. The van der Waals surface area contributed by atoms with E-state index in [1.54, 1.807) is 0 Å². The summed E-state index contributed by atoms with van der Waals surface area (Å²) in [5.74, 6) is -1.20. The summed E-state index contributed by atoms with van der Waals surface area (Å²) in [6.45, 7) is 2.59. The van der Waals surface area contributed by atoms with Crippen LogP contribution in [0.5, 0.6) is 0 Å². The normalized spacial score (nSPS) is 21.3. The molecule has 0 radical (unpaired) electrons. The van der Waals surface area contributed by atoms with Gasteiger partial charge in [0.1, 0.15) is 0 Å². The molecule has 1 heterocycles. The van der Waals surface area contributed by atoms with Crippen LogP contribution < -0.4 is 5.32 Å². The number of nitrogens with one attached hydrogen (secondary N) is 1. The molecule has 4 heteroatoms. The van der Waals surface area contributed by atoms with Gasteiger partial charge in [0.05, 0.1) is 5.92 Å². The van der Waals surface area contributed by atoms with Crippen LogP contribution in [0.3, 0.4) is 0 Å². The lowest BCUT2D eigenvalue weighted by Crippen LogP contribution is -2.46. The minimum absolute atomic E-state index is 0.444. The van der Waals surface area contributed by atoms with Gasteiger partial charge in [0.2, 0.25) is 0 Å². The molecule has 0 aromatic heterocycles. The Balaban J connectivity index is 2.02. The predicted octanol–water partition coefficient (Wildman–Crippen LogP) is 1.54. The van der Waals surface area contributed by atoms with Crippen molar-refractivity contribution in [3.63, 3.8) is 0 Å². The van der Waals surface area contributed by atoms with Gasteiger partial charge in [-0.05, 0) is 32.0 Å². The molecule has 1 aliphatic heterocycles. The predicted molar refractivity (Wildman–Crippen MR) is 75.3 cm³/mol. The highest BCUT2D eigenvalue weighted by atomic mass is 16.4. The van der Waals surface area contributed by atoms with Crippen molar-refractivity contribution in [3.05, 3.63) is 35.9 Å². The van der Waals surface area contributed by atoms with Gasteiger partial charge in [-0.1, -0.05) is 30.3 Å². The summed E-state index contributed by atoms with van der Waals surface area (Å²) >= 11 is 0. The van der Waals surface area contributed by atoms with Gasteiger partial charge in [0.15, 0.2) is 0 Å². The first-order chi connectivity index (χ1) is 9.18. The highest BCUT2D eigenvalue weighted by molar-refractivity contribution is 5.76. The van der Waals surface area contributed by atoms with Crippen molar-refractivity contribution >= 4 is 5.97 Å². The lowest BCUT2D eigenvalue weighted by molar-refractivity contribution is -0.139. The molecule has 1 fully saturated rings. The molecule has 1 aromatic rings. The van der Waals surface area contributed by atoms with Crippen molar-refractivity contribution in [2.75, 3.05) is 26.7 Å². The van der Waals surface area contributed by atoms with Crippen LogP contribution in [0.25, 0.3) is 0 Å². The molecule has 0 spiro atoms. The average Bonchev–Trinajstić information content (AvgIpc) is 2.46. The second-order valence-corrected chi connectivity index (χ2v) is 5.24. The number of hydrogen-bond donors (Lipinski definition) is 2. The van der Waals surface area contributed by atoms with E-state index in [-0.39, 0.29) is 0 Å². The smallest absolute Gasteiger partial charge is 0.312 e. The SMILES string of the molecule is CN(CC(C(=O)O)c1ccccc1)C1CCCNC1. The lowest BCUT2D eigenvalue weighted by Gasteiger charge is -2.33. The fraction of sp³-hybridized carbons (Fsp3) is 0.533. The zero-order valence-electron chi connectivity index (χ0n) is 11.4. The molecule has 19 heavy (non-hydrogen) atoms. The van der Waals surface area contributed by atoms with Gasteiger partial charge < -0.3 is 15.3 Å². The summed E-state index contributed by atoms with van der Waals surface area (Å²) in [4.78, 5) is 13.7. The maximum absolute atomic E-state index is 11.5. The highest BCUT2D eigenvalue weighted by Crippen LogP contribution is 2.19. The fourth-order valence-corrected chi connectivity index (χ4v) is 2.66. The number of benzene rings is 1. The molecule has 104 valence electrons. The van der Waals surface area contributed by atoms with Crippen molar-refractivity contribution in [3.8, 4) is 0 Å². The quantitative estimate of drug-likeness (QED) is 0.845. The first kappa shape index (κ1) is 14.0. The van der Waals surface area contributed by atoms with Gasteiger partial charge in [-0.15, -0.1) is 0 Å². The third-order valence-electron chi connectivity index (χ3n) is 3.86. The van der Waals surface area contributed by atoms with Crippen LogP contribution in [0, 0.1) is 0 Å². The van der Waals surface area contributed by atoms with Crippen LogP contribution in [-0.2, 0) is 4.79 Å². The van der Waals surface area contributed by atoms with E-state index in [2.05, 4.69) is 10.2 Å². The van der Waals surface area contributed by atoms with Crippen molar-refractivity contribution in [1.29, 1.82) is 0 Å². The van der Waals surface area contributed by atoms with E-state index in [9.17, 15) is 9.90 Å². The number of nitrogens with zero attached hydrogens (tertiary/aromatic N) is 1. The van der Waals surface area contributed by atoms with Crippen LogP contribution in [-0.4, -0.2) is 48.7 Å². The molecular formula is C15H22N2O2. The summed E-state index contributed by atoms with van der Waals surface area (Å²) in [6.07, 6.45) is 2.31. The number of carbonyl (C=O) groups is 1. The molecule has 1 aliphatic rings. The first-order valence-corrected chi connectivity index (χ1v) is 6.87. The molecule has 2 unspecified atom stereocenters. The second-order valence-electron chi connectivity index (χ2n) is 5.24. The molecule has 2 rings (SSSR count). The number of rotatable bonds is 5. The largest absolute Gasteiger partial charge is 0.481 e. The third-order valence-corrected chi connectivity index (χ3v) is 3.86. The van der Waals surface area contributed by atoms with Crippen LogP contribution in [0.15, 0.2) is 30.3 Å². The first-order valence-electron chi connectivity index (χ1n) is 6.87. The molecule has 1 saturated heterocycles. The Hall–Kier alpha value is -1.39. The van der Waals surface area contributed by atoms with E-state index in [4.69, 9.17) is 0 Å². The van der Waals surface area contributed by atoms with Crippen molar-refractivity contribution in [2.45, 2.75) is 24.8 Å². The van der Waals surface area contributed by atoms with E-state index in [1.165, 1.54) is 0 Å². The van der Waals surface area contributed by atoms with Crippen molar-refractivity contribution in [1.82, 2.24) is 10.2 Å². The van der Waals surface area contributed by atoms with Crippen LogP contribution >= 0.6 is 0 Å². The Morgan fingerprint density at radius 2 is 2.21 bits per heavy atom. The highest BCUT2D eigenvalue weighted by Gasteiger charge is 2.25. The Kier molecular flexibility index (Phi) is 4.93. The van der Waals surface area contributed by atoms with E-state index in [1.807, 2.05) is 37.4 Å². The second kappa shape index (κ2) is 6.68. The third kappa shape index (κ3) is 3.78. The molecule has 0 bridgehead atoms. The Labute approximate surface area is 114 Å². The average molecular weight is 262 g/mol. The van der Waals surface area contributed by atoms with Crippen LogP contribution in [0.2, 0.25) is 0 Å². The summed E-state index contributed by atoms with van der Waals surface area (Å²) in [5.41, 5.74) is 0.880. The summed E-state index contributed by atoms with van der Waals surface area (Å²) in [6, 6.07) is 9.94. The molecule has 0 amide bonds. The van der Waals surface area contributed by atoms with E-state index < -0.39 is 11.9 Å².